The quantitative estimate of drug-likeness (QED) is 0.585. The van der Waals surface area contributed by atoms with Gasteiger partial charge in [0.05, 0.1) is 18.1 Å². The Bertz CT molecular complexity index is 671. The highest BCUT2D eigenvalue weighted by Gasteiger charge is 2.14. The summed E-state index contributed by atoms with van der Waals surface area (Å²) < 4.78 is 0. The lowest BCUT2D eigenvalue weighted by Gasteiger charge is -2.23. The average Bonchev–Trinajstić information content (AvgIpc) is 2.59. The number of carboxylic acids is 1. The number of carboxylic acid groups (broad SMARTS) is 1. The van der Waals surface area contributed by atoms with Crippen LogP contribution in [0.15, 0.2) is 55.4 Å². The van der Waals surface area contributed by atoms with Crippen LogP contribution >= 0.6 is 0 Å². The molecule has 0 unspecified atom stereocenters. The summed E-state index contributed by atoms with van der Waals surface area (Å²) in [7, 11) is 0. The van der Waals surface area contributed by atoms with Gasteiger partial charge in [-0.15, -0.1) is 0 Å². The minimum atomic E-state index is -1.01. The molecule has 5 heteroatoms. The van der Waals surface area contributed by atoms with Gasteiger partial charge in [0.25, 0.3) is 0 Å². The lowest BCUT2D eigenvalue weighted by Crippen LogP contribution is -2.23. The lowest BCUT2D eigenvalue weighted by atomic mass is 9.95. The molecular weight excluding hydrogens is 302 g/mol. The van der Waals surface area contributed by atoms with Gasteiger partial charge >= 0.3 is 5.97 Å². The average molecular weight is 325 g/mol. The maximum absolute atomic E-state index is 10.6. The molecule has 0 radical (unpaired) electrons. The fraction of sp³-hybridized carbons (Fsp3) is 0.316. The number of hydrogen-bond acceptors (Lipinski definition) is 4. The van der Waals surface area contributed by atoms with E-state index in [0.29, 0.717) is 17.3 Å². The third-order valence-corrected chi connectivity index (χ3v) is 3.89. The minimum Gasteiger partial charge on any atom is -0.478 e. The van der Waals surface area contributed by atoms with E-state index in [-0.39, 0.29) is 0 Å². The monoisotopic (exact) mass is 325 g/mol. The second-order valence-corrected chi connectivity index (χ2v) is 5.82. The van der Waals surface area contributed by atoms with Gasteiger partial charge in [0, 0.05) is 17.7 Å². The summed E-state index contributed by atoms with van der Waals surface area (Å²) in [5.74, 6) is -0.262. The van der Waals surface area contributed by atoms with E-state index in [1.807, 2.05) is 0 Å². The molecule has 1 aromatic heterocycles. The predicted octanol–water partition coefficient (Wildman–Crippen LogP) is 3.99. The molecule has 0 aliphatic heterocycles. The fourth-order valence-electron chi connectivity index (χ4n) is 2.69. The fourth-order valence-corrected chi connectivity index (χ4v) is 2.69. The second kappa shape index (κ2) is 8.82. The topological polar surface area (TPSA) is 75.1 Å². The van der Waals surface area contributed by atoms with Crippen LogP contribution in [0.1, 0.15) is 37.8 Å². The number of nitrogens with one attached hydrogen (secondary N) is 1. The number of nitrogens with zero attached hydrogens (tertiary/aromatic N) is 2. The molecule has 1 aromatic rings. The summed E-state index contributed by atoms with van der Waals surface area (Å²) in [4.78, 5) is 19.4. The Morgan fingerprint density at radius 2 is 2.00 bits per heavy atom. The Morgan fingerprint density at radius 1 is 1.25 bits per heavy atom. The minimum absolute atomic E-state index is 0.452. The molecule has 2 N–H and O–H groups in total. The van der Waals surface area contributed by atoms with Gasteiger partial charge in [-0.25, -0.2) is 9.78 Å². The first-order chi connectivity index (χ1) is 11.6. The van der Waals surface area contributed by atoms with Crippen molar-refractivity contribution in [1.82, 2.24) is 9.97 Å². The number of carbonyl (C=O) groups is 1. The van der Waals surface area contributed by atoms with Crippen molar-refractivity contribution in [2.45, 2.75) is 38.1 Å². The van der Waals surface area contributed by atoms with Crippen molar-refractivity contribution in [3.05, 3.63) is 61.1 Å². The maximum atomic E-state index is 10.6. The first-order valence-electron chi connectivity index (χ1n) is 8.11. The summed E-state index contributed by atoms with van der Waals surface area (Å²) in [6.07, 6.45) is 15.4. The lowest BCUT2D eigenvalue weighted by molar-refractivity contribution is -0.131. The second-order valence-electron chi connectivity index (χ2n) is 5.82. The number of allylic oxidation sites excluding steroid dienone is 5. The maximum Gasteiger partial charge on any atom is 0.328 e. The van der Waals surface area contributed by atoms with E-state index < -0.39 is 5.97 Å². The predicted molar refractivity (Wildman–Crippen MR) is 96.6 cm³/mol. The highest BCUT2D eigenvalue weighted by Crippen LogP contribution is 2.22. The molecule has 0 bridgehead atoms. The van der Waals surface area contributed by atoms with Crippen LogP contribution in [0.3, 0.4) is 0 Å². The molecule has 126 valence electrons. The number of hydrogen-bond donors (Lipinski definition) is 2. The van der Waals surface area contributed by atoms with E-state index in [2.05, 4.69) is 28.4 Å². The van der Waals surface area contributed by atoms with Crippen LogP contribution in [0.4, 0.5) is 5.82 Å². The van der Waals surface area contributed by atoms with Gasteiger partial charge in [0.1, 0.15) is 5.82 Å². The molecule has 0 atom stereocenters. The SMILES string of the molecule is C=C/C(=C\C(=C)/C=C/C(=O)O)c1cncc(NC2CCCCC2)n1. The molecule has 1 aliphatic carbocycles. The first-order valence-corrected chi connectivity index (χ1v) is 8.11. The Hall–Kier alpha value is -2.69. The molecule has 24 heavy (non-hydrogen) atoms. The van der Waals surface area contributed by atoms with E-state index in [4.69, 9.17) is 5.11 Å². The standard InChI is InChI=1S/C19H23N3O2/c1-3-15(11-14(2)9-10-19(23)24)17-12-20-13-18(22-17)21-16-7-5-4-6-8-16/h3,9-13,16H,1-2,4-8H2,(H,21,22)(H,23,24)/b10-9+,15-11+. The van der Waals surface area contributed by atoms with Crippen molar-refractivity contribution in [3.8, 4) is 0 Å². The summed E-state index contributed by atoms with van der Waals surface area (Å²) in [5, 5.41) is 12.1. The Morgan fingerprint density at radius 3 is 2.67 bits per heavy atom. The molecule has 2 rings (SSSR count). The molecule has 0 amide bonds. The van der Waals surface area contributed by atoms with Crippen LogP contribution in [0, 0.1) is 0 Å². The number of aromatic nitrogens is 2. The summed E-state index contributed by atoms with van der Waals surface area (Å²) in [6, 6.07) is 0.452. The molecular formula is C19H23N3O2. The zero-order valence-corrected chi connectivity index (χ0v) is 13.7. The van der Waals surface area contributed by atoms with Crippen LogP contribution in [-0.4, -0.2) is 27.1 Å². The van der Waals surface area contributed by atoms with Gasteiger partial charge in [-0.1, -0.05) is 38.5 Å². The largest absolute Gasteiger partial charge is 0.478 e. The molecule has 1 fully saturated rings. The van der Waals surface area contributed by atoms with Crippen LogP contribution in [-0.2, 0) is 4.79 Å². The Labute approximate surface area is 142 Å². The van der Waals surface area contributed by atoms with E-state index in [9.17, 15) is 4.79 Å². The third kappa shape index (κ3) is 5.50. The normalized spacial score (nSPS) is 16.1. The zero-order valence-electron chi connectivity index (χ0n) is 13.7. The Kier molecular flexibility index (Phi) is 6.49. The smallest absolute Gasteiger partial charge is 0.328 e. The molecule has 1 saturated carbocycles. The van der Waals surface area contributed by atoms with Crippen LogP contribution in [0.5, 0.6) is 0 Å². The molecule has 5 nitrogen and oxygen atoms in total. The van der Waals surface area contributed by atoms with E-state index in [1.54, 1.807) is 24.5 Å². The van der Waals surface area contributed by atoms with Gasteiger partial charge in [-0.2, -0.15) is 0 Å². The molecule has 1 heterocycles. The zero-order chi connectivity index (χ0) is 17.4. The van der Waals surface area contributed by atoms with E-state index >= 15 is 0 Å². The van der Waals surface area contributed by atoms with Gasteiger partial charge in [0.15, 0.2) is 0 Å². The number of rotatable bonds is 7. The summed E-state index contributed by atoms with van der Waals surface area (Å²) in [5.41, 5.74) is 1.98. The first kappa shape index (κ1) is 17.7. The van der Waals surface area contributed by atoms with Crippen molar-refractivity contribution in [2.24, 2.45) is 0 Å². The highest BCUT2D eigenvalue weighted by molar-refractivity contribution is 5.81. The summed E-state index contributed by atoms with van der Waals surface area (Å²) >= 11 is 0. The van der Waals surface area contributed by atoms with Crippen LogP contribution in [0.2, 0.25) is 0 Å². The van der Waals surface area contributed by atoms with Crippen molar-refractivity contribution in [3.63, 3.8) is 0 Å². The molecule has 0 aromatic carbocycles. The van der Waals surface area contributed by atoms with Crippen molar-refractivity contribution in [2.75, 3.05) is 5.32 Å². The van der Waals surface area contributed by atoms with E-state index in [1.165, 1.54) is 25.3 Å². The van der Waals surface area contributed by atoms with E-state index in [0.717, 1.165) is 30.3 Å². The van der Waals surface area contributed by atoms with Crippen molar-refractivity contribution < 1.29 is 9.90 Å². The Balaban J connectivity index is 2.13. The summed E-state index contributed by atoms with van der Waals surface area (Å²) in [6.45, 7) is 7.61. The molecule has 0 saturated heterocycles. The highest BCUT2D eigenvalue weighted by atomic mass is 16.4. The van der Waals surface area contributed by atoms with Gasteiger partial charge in [-0.05, 0) is 30.6 Å². The number of aliphatic carboxylic acids is 1. The number of anilines is 1. The van der Waals surface area contributed by atoms with Gasteiger partial charge in [-0.3, -0.25) is 4.98 Å². The third-order valence-electron chi connectivity index (χ3n) is 3.89. The molecule has 1 aliphatic rings. The molecule has 0 spiro atoms. The van der Waals surface area contributed by atoms with Crippen molar-refractivity contribution in [1.29, 1.82) is 0 Å². The van der Waals surface area contributed by atoms with Gasteiger partial charge < -0.3 is 10.4 Å². The van der Waals surface area contributed by atoms with Crippen LogP contribution in [0.25, 0.3) is 5.57 Å². The van der Waals surface area contributed by atoms with Crippen LogP contribution < -0.4 is 5.32 Å². The van der Waals surface area contributed by atoms with Crippen molar-refractivity contribution >= 4 is 17.4 Å². The van der Waals surface area contributed by atoms with Gasteiger partial charge in [0.2, 0.25) is 0 Å².